The molecule has 1 unspecified atom stereocenters. The van der Waals surface area contributed by atoms with Gasteiger partial charge in [0.2, 0.25) is 0 Å². The van der Waals surface area contributed by atoms with Gasteiger partial charge in [-0.05, 0) is 25.3 Å². The van der Waals surface area contributed by atoms with E-state index < -0.39 is 0 Å². The van der Waals surface area contributed by atoms with E-state index in [-0.39, 0.29) is 0 Å². The molecule has 0 aliphatic carbocycles. The standard InChI is InChI=1S/C9H13NOS/c1-7(12-3)9-5-4-8(11-2)6-10-9/h4-7H,1-3H3. The number of pyridine rings is 1. The van der Waals surface area contributed by atoms with Gasteiger partial charge in [-0.2, -0.15) is 11.8 Å². The van der Waals surface area contributed by atoms with Crippen molar-refractivity contribution < 1.29 is 4.74 Å². The highest BCUT2D eigenvalue weighted by molar-refractivity contribution is 7.98. The maximum atomic E-state index is 5.01. The molecule has 0 aromatic carbocycles. The summed E-state index contributed by atoms with van der Waals surface area (Å²) in [6.07, 6.45) is 3.83. The molecule has 1 aromatic heterocycles. The predicted octanol–water partition coefficient (Wildman–Crippen LogP) is 2.51. The summed E-state index contributed by atoms with van der Waals surface area (Å²) in [5.74, 6) is 0.812. The van der Waals surface area contributed by atoms with Crippen LogP contribution in [0.25, 0.3) is 0 Å². The highest BCUT2D eigenvalue weighted by Gasteiger charge is 2.03. The van der Waals surface area contributed by atoms with Gasteiger partial charge in [-0.25, -0.2) is 0 Å². The smallest absolute Gasteiger partial charge is 0.137 e. The Bertz CT molecular complexity index is 235. The summed E-state index contributed by atoms with van der Waals surface area (Å²) in [6, 6.07) is 3.94. The molecule has 0 aliphatic heterocycles. The van der Waals surface area contributed by atoms with E-state index in [0.717, 1.165) is 11.4 Å². The molecule has 0 saturated heterocycles. The molecule has 1 heterocycles. The van der Waals surface area contributed by atoms with E-state index in [0.29, 0.717) is 5.25 Å². The molecule has 12 heavy (non-hydrogen) atoms. The molecular weight excluding hydrogens is 170 g/mol. The fourth-order valence-corrected chi connectivity index (χ4v) is 1.25. The maximum absolute atomic E-state index is 5.01. The Labute approximate surface area is 77.3 Å². The molecule has 1 rings (SSSR count). The van der Waals surface area contributed by atoms with Crippen molar-refractivity contribution in [2.75, 3.05) is 13.4 Å². The van der Waals surface area contributed by atoms with Crippen LogP contribution in [0.2, 0.25) is 0 Å². The normalized spacial score (nSPS) is 12.6. The Morgan fingerprint density at radius 2 is 2.25 bits per heavy atom. The minimum Gasteiger partial charge on any atom is -0.495 e. The van der Waals surface area contributed by atoms with Gasteiger partial charge in [-0.15, -0.1) is 0 Å². The van der Waals surface area contributed by atoms with E-state index in [1.165, 1.54) is 0 Å². The van der Waals surface area contributed by atoms with E-state index >= 15 is 0 Å². The van der Waals surface area contributed by atoms with Crippen LogP contribution in [0.4, 0.5) is 0 Å². The number of rotatable bonds is 3. The molecule has 0 bridgehead atoms. The van der Waals surface area contributed by atoms with Gasteiger partial charge in [-0.1, -0.05) is 0 Å². The minimum absolute atomic E-state index is 0.455. The van der Waals surface area contributed by atoms with Crippen LogP contribution >= 0.6 is 11.8 Å². The van der Waals surface area contributed by atoms with Crippen LogP contribution in [-0.2, 0) is 0 Å². The van der Waals surface area contributed by atoms with E-state index in [1.54, 1.807) is 25.1 Å². The van der Waals surface area contributed by atoms with Gasteiger partial charge in [0.05, 0.1) is 19.0 Å². The molecule has 0 radical (unpaired) electrons. The van der Waals surface area contributed by atoms with Crippen LogP contribution in [0, 0.1) is 0 Å². The number of aromatic nitrogens is 1. The number of methoxy groups -OCH3 is 1. The van der Waals surface area contributed by atoms with Gasteiger partial charge in [-0.3, -0.25) is 4.98 Å². The Balaban J connectivity index is 2.77. The highest BCUT2D eigenvalue weighted by Crippen LogP contribution is 2.24. The SMILES string of the molecule is COc1ccc(C(C)SC)nc1. The molecule has 3 heteroatoms. The molecule has 0 fully saturated rings. The third-order valence-corrected chi connectivity index (χ3v) is 2.71. The summed E-state index contributed by atoms with van der Waals surface area (Å²) >= 11 is 1.79. The highest BCUT2D eigenvalue weighted by atomic mass is 32.2. The zero-order valence-electron chi connectivity index (χ0n) is 7.57. The van der Waals surface area contributed by atoms with Gasteiger partial charge in [0.1, 0.15) is 5.75 Å². The molecule has 0 spiro atoms. The summed E-state index contributed by atoms with van der Waals surface area (Å²) in [5, 5.41) is 0.455. The Kier molecular flexibility index (Phi) is 3.41. The Hall–Kier alpha value is -0.700. The van der Waals surface area contributed by atoms with Crippen molar-refractivity contribution in [3.63, 3.8) is 0 Å². The molecule has 1 atom stereocenters. The van der Waals surface area contributed by atoms with Crippen molar-refractivity contribution in [1.29, 1.82) is 0 Å². The van der Waals surface area contributed by atoms with Crippen LogP contribution in [0.15, 0.2) is 18.3 Å². The first-order chi connectivity index (χ1) is 5.77. The van der Waals surface area contributed by atoms with Crippen LogP contribution in [0.5, 0.6) is 5.75 Å². The van der Waals surface area contributed by atoms with E-state index in [4.69, 9.17) is 4.74 Å². The van der Waals surface area contributed by atoms with Crippen molar-refractivity contribution in [1.82, 2.24) is 4.98 Å². The van der Waals surface area contributed by atoms with Crippen molar-refractivity contribution >= 4 is 11.8 Å². The molecule has 1 aromatic rings. The summed E-state index contributed by atoms with van der Waals surface area (Å²) in [5.41, 5.74) is 1.10. The van der Waals surface area contributed by atoms with Crippen LogP contribution in [0.1, 0.15) is 17.9 Å². The quantitative estimate of drug-likeness (QED) is 0.719. The van der Waals surface area contributed by atoms with Crippen molar-refractivity contribution in [2.45, 2.75) is 12.2 Å². The number of nitrogens with zero attached hydrogens (tertiary/aromatic N) is 1. The van der Waals surface area contributed by atoms with Gasteiger partial charge in [0.15, 0.2) is 0 Å². The average Bonchev–Trinajstić information content (AvgIpc) is 2.17. The minimum atomic E-state index is 0.455. The average molecular weight is 183 g/mol. The maximum Gasteiger partial charge on any atom is 0.137 e. The van der Waals surface area contributed by atoms with Gasteiger partial charge < -0.3 is 4.74 Å². The zero-order chi connectivity index (χ0) is 8.97. The second-order valence-electron chi connectivity index (χ2n) is 2.50. The van der Waals surface area contributed by atoms with Crippen molar-refractivity contribution in [3.05, 3.63) is 24.0 Å². The van der Waals surface area contributed by atoms with E-state index in [2.05, 4.69) is 18.2 Å². The van der Waals surface area contributed by atoms with Gasteiger partial charge >= 0.3 is 0 Å². The Morgan fingerprint density at radius 3 is 2.67 bits per heavy atom. The number of thioether (sulfide) groups is 1. The van der Waals surface area contributed by atoms with Crippen LogP contribution < -0.4 is 4.74 Å². The lowest BCUT2D eigenvalue weighted by Crippen LogP contribution is -1.92. The summed E-state index contributed by atoms with van der Waals surface area (Å²) in [4.78, 5) is 4.27. The first-order valence-corrected chi connectivity index (χ1v) is 5.09. The van der Waals surface area contributed by atoms with Crippen molar-refractivity contribution in [3.8, 4) is 5.75 Å². The molecule has 0 N–H and O–H groups in total. The largest absolute Gasteiger partial charge is 0.495 e. The monoisotopic (exact) mass is 183 g/mol. The lowest BCUT2D eigenvalue weighted by Gasteiger charge is -2.07. The Morgan fingerprint density at radius 1 is 1.50 bits per heavy atom. The van der Waals surface area contributed by atoms with E-state index in [1.807, 2.05) is 12.1 Å². The molecule has 0 aliphatic rings. The van der Waals surface area contributed by atoms with Gasteiger partial charge in [0, 0.05) is 5.25 Å². The lowest BCUT2D eigenvalue weighted by molar-refractivity contribution is 0.412. The first kappa shape index (κ1) is 9.39. The molecular formula is C9H13NOS. The summed E-state index contributed by atoms with van der Waals surface area (Å²) < 4.78 is 5.01. The number of hydrogen-bond donors (Lipinski definition) is 0. The second kappa shape index (κ2) is 4.36. The third kappa shape index (κ3) is 2.14. The number of ether oxygens (including phenoxy) is 1. The predicted molar refractivity (Wildman–Crippen MR) is 52.7 cm³/mol. The fourth-order valence-electron chi connectivity index (χ4n) is 0.874. The van der Waals surface area contributed by atoms with Gasteiger partial charge in [0.25, 0.3) is 0 Å². The molecule has 2 nitrogen and oxygen atoms in total. The molecule has 0 saturated carbocycles. The topological polar surface area (TPSA) is 22.1 Å². The molecule has 0 amide bonds. The van der Waals surface area contributed by atoms with Crippen LogP contribution in [-0.4, -0.2) is 18.3 Å². The van der Waals surface area contributed by atoms with Crippen LogP contribution in [0.3, 0.4) is 0 Å². The zero-order valence-corrected chi connectivity index (χ0v) is 8.39. The van der Waals surface area contributed by atoms with E-state index in [9.17, 15) is 0 Å². The second-order valence-corrected chi connectivity index (χ2v) is 3.68. The fraction of sp³-hybridized carbons (Fsp3) is 0.444. The summed E-state index contributed by atoms with van der Waals surface area (Å²) in [6.45, 7) is 2.14. The first-order valence-electron chi connectivity index (χ1n) is 3.80. The lowest BCUT2D eigenvalue weighted by atomic mass is 10.3. The number of hydrogen-bond acceptors (Lipinski definition) is 3. The summed E-state index contributed by atoms with van der Waals surface area (Å²) in [7, 11) is 1.65. The third-order valence-electron chi connectivity index (χ3n) is 1.76. The molecule has 66 valence electrons. The van der Waals surface area contributed by atoms with Crippen molar-refractivity contribution in [2.24, 2.45) is 0 Å².